The van der Waals surface area contributed by atoms with Crippen molar-refractivity contribution in [1.82, 2.24) is 10.0 Å². The summed E-state index contributed by atoms with van der Waals surface area (Å²) in [6.45, 7) is 2.29. The van der Waals surface area contributed by atoms with Gasteiger partial charge in [-0.05, 0) is 36.7 Å². The molecule has 2 rings (SSSR count). The van der Waals surface area contributed by atoms with Crippen molar-refractivity contribution >= 4 is 21.6 Å². The standard InChI is InChI=1S/C18H23ClN2O3S/c1-25(22,23)21-11-5-10-20-13-15-6-4-8-17(12-15)24-14-16-7-2-3-9-18(16)19/h2-4,6-9,12,20-21H,5,10-11,13-14H2,1H3. The summed E-state index contributed by atoms with van der Waals surface area (Å²) in [6.07, 6.45) is 1.89. The number of hydrogen-bond acceptors (Lipinski definition) is 4. The van der Waals surface area contributed by atoms with Crippen molar-refractivity contribution in [1.29, 1.82) is 0 Å². The molecule has 0 aromatic heterocycles. The number of hydrogen-bond donors (Lipinski definition) is 2. The van der Waals surface area contributed by atoms with Gasteiger partial charge in [-0.3, -0.25) is 0 Å². The highest BCUT2D eigenvalue weighted by Gasteiger charge is 2.02. The van der Waals surface area contributed by atoms with E-state index in [-0.39, 0.29) is 0 Å². The maximum Gasteiger partial charge on any atom is 0.208 e. The van der Waals surface area contributed by atoms with Crippen molar-refractivity contribution in [2.24, 2.45) is 0 Å². The van der Waals surface area contributed by atoms with Gasteiger partial charge in [0.1, 0.15) is 12.4 Å². The Morgan fingerprint density at radius 3 is 2.64 bits per heavy atom. The fraction of sp³-hybridized carbons (Fsp3) is 0.333. The number of nitrogens with one attached hydrogen (secondary N) is 2. The third kappa shape index (κ3) is 7.88. The molecular formula is C18H23ClN2O3S. The molecule has 25 heavy (non-hydrogen) atoms. The Hall–Kier alpha value is -1.60. The summed E-state index contributed by atoms with van der Waals surface area (Å²) in [5.41, 5.74) is 2.05. The molecule has 0 saturated carbocycles. The predicted octanol–water partition coefficient (Wildman–Crippen LogP) is 2.95. The fourth-order valence-corrected chi connectivity index (χ4v) is 2.93. The van der Waals surface area contributed by atoms with Gasteiger partial charge in [-0.25, -0.2) is 13.1 Å². The van der Waals surface area contributed by atoms with Crippen molar-refractivity contribution < 1.29 is 13.2 Å². The Kier molecular flexibility index (Phi) is 7.71. The topological polar surface area (TPSA) is 67.4 Å². The van der Waals surface area contributed by atoms with E-state index in [9.17, 15) is 8.42 Å². The smallest absolute Gasteiger partial charge is 0.208 e. The van der Waals surface area contributed by atoms with Crippen LogP contribution in [0, 0.1) is 0 Å². The summed E-state index contributed by atoms with van der Waals surface area (Å²) in [5.74, 6) is 0.790. The Labute approximate surface area is 154 Å². The van der Waals surface area contributed by atoms with Gasteiger partial charge in [0, 0.05) is 23.7 Å². The second-order valence-electron chi connectivity index (χ2n) is 5.72. The summed E-state index contributed by atoms with van der Waals surface area (Å²) in [5, 5.41) is 3.98. The van der Waals surface area contributed by atoms with Gasteiger partial charge in [-0.1, -0.05) is 41.9 Å². The van der Waals surface area contributed by atoms with Gasteiger partial charge in [0.25, 0.3) is 0 Å². The fourth-order valence-electron chi connectivity index (χ4n) is 2.23. The second-order valence-corrected chi connectivity index (χ2v) is 7.96. The van der Waals surface area contributed by atoms with E-state index in [2.05, 4.69) is 10.0 Å². The van der Waals surface area contributed by atoms with E-state index < -0.39 is 10.0 Å². The monoisotopic (exact) mass is 382 g/mol. The third-order valence-electron chi connectivity index (χ3n) is 3.47. The molecular weight excluding hydrogens is 360 g/mol. The van der Waals surface area contributed by atoms with Crippen LogP contribution in [0.5, 0.6) is 5.75 Å². The minimum absolute atomic E-state index is 0.424. The van der Waals surface area contributed by atoms with Gasteiger partial charge in [-0.15, -0.1) is 0 Å². The number of benzene rings is 2. The lowest BCUT2D eigenvalue weighted by Crippen LogP contribution is -2.26. The molecule has 136 valence electrons. The third-order valence-corrected chi connectivity index (χ3v) is 4.57. The van der Waals surface area contributed by atoms with Crippen molar-refractivity contribution in [3.05, 3.63) is 64.7 Å². The van der Waals surface area contributed by atoms with Gasteiger partial charge in [0.2, 0.25) is 10.0 Å². The molecule has 0 atom stereocenters. The maximum absolute atomic E-state index is 11.0. The normalized spacial score (nSPS) is 11.4. The molecule has 0 aliphatic rings. The summed E-state index contributed by atoms with van der Waals surface area (Å²) < 4.78 is 30.2. The van der Waals surface area contributed by atoms with Gasteiger partial charge in [0.15, 0.2) is 0 Å². The van der Waals surface area contributed by atoms with Gasteiger partial charge < -0.3 is 10.1 Å². The molecule has 2 N–H and O–H groups in total. The highest BCUT2D eigenvalue weighted by Crippen LogP contribution is 2.19. The molecule has 0 unspecified atom stereocenters. The van der Waals surface area contributed by atoms with E-state index in [4.69, 9.17) is 16.3 Å². The highest BCUT2D eigenvalue weighted by molar-refractivity contribution is 7.88. The highest BCUT2D eigenvalue weighted by atomic mass is 35.5. The van der Waals surface area contributed by atoms with Gasteiger partial charge >= 0.3 is 0 Å². The lowest BCUT2D eigenvalue weighted by molar-refractivity contribution is 0.306. The van der Waals surface area contributed by atoms with Crippen LogP contribution in [0.15, 0.2) is 48.5 Å². The van der Waals surface area contributed by atoms with Crippen molar-refractivity contribution in [3.63, 3.8) is 0 Å². The molecule has 0 radical (unpaired) electrons. The van der Waals surface area contributed by atoms with E-state index in [1.165, 1.54) is 0 Å². The van der Waals surface area contributed by atoms with Crippen LogP contribution in [-0.2, 0) is 23.2 Å². The van der Waals surface area contributed by atoms with Crippen LogP contribution in [0.1, 0.15) is 17.5 Å². The number of ether oxygens (including phenoxy) is 1. The Bertz CT molecular complexity index is 781. The number of sulfonamides is 1. The van der Waals surface area contributed by atoms with Gasteiger partial charge in [-0.2, -0.15) is 0 Å². The van der Waals surface area contributed by atoms with E-state index in [0.29, 0.717) is 24.7 Å². The average molecular weight is 383 g/mol. The molecule has 0 spiro atoms. The Morgan fingerprint density at radius 1 is 1.08 bits per heavy atom. The Balaban J connectivity index is 1.74. The van der Waals surface area contributed by atoms with Crippen molar-refractivity contribution in [2.75, 3.05) is 19.3 Å². The van der Waals surface area contributed by atoms with E-state index in [1.807, 2.05) is 48.5 Å². The molecule has 2 aromatic rings. The van der Waals surface area contributed by atoms with Crippen LogP contribution >= 0.6 is 11.6 Å². The molecule has 0 fully saturated rings. The summed E-state index contributed by atoms with van der Waals surface area (Å²) in [4.78, 5) is 0. The number of rotatable bonds is 10. The first kappa shape index (κ1) is 19.7. The molecule has 7 heteroatoms. The molecule has 0 saturated heterocycles. The van der Waals surface area contributed by atoms with Crippen LogP contribution < -0.4 is 14.8 Å². The van der Waals surface area contributed by atoms with Crippen LogP contribution in [0.4, 0.5) is 0 Å². The molecule has 0 aliphatic heterocycles. The second kappa shape index (κ2) is 9.77. The minimum atomic E-state index is -3.11. The van der Waals surface area contributed by atoms with Crippen LogP contribution in [0.25, 0.3) is 0 Å². The average Bonchev–Trinajstić information content (AvgIpc) is 2.57. The minimum Gasteiger partial charge on any atom is -0.489 e. The van der Waals surface area contributed by atoms with Crippen LogP contribution in [0.3, 0.4) is 0 Å². The Morgan fingerprint density at radius 2 is 1.88 bits per heavy atom. The maximum atomic E-state index is 11.0. The first-order chi connectivity index (χ1) is 11.9. The largest absolute Gasteiger partial charge is 0.489 e. The van der Waals surface area contributed by atoms with E-state index >= 15 is 0 Å². The molecule has 5 nitrogen and oxygen atoms in total. The van der Waals surface area contributed by atoms with E-state index in [0.717, 1.165) is 36.1 Å². The van der Waals surface area contributed by atoms with Crippen LogP contribution in [0.2, 0.25) is 5.02 Å². The summed E-state index contributed by atoms with van der Waals surface area (Å²) in [6, 6.07) is 15.5. The van der Waals surface area contributed by atoms with E-state index in [1.54, 1.807) is 0 Å². The zero-order valence-electron chi connectivity index (χ0n) is 14.2. The molecule has 0 aliphatic carbocycles. The zero-order valence-corrected chi connectivity index (χ0v) is 15.7. The van der Waals surface area contributed by atoms with Crippen molar-refractivity contribution in [3.8, 4) is 5.75 Å². The molecule has 0 heterocycles. The summed E-state index contributed by atoms with van der Waals surface area (Å²) >= 11 is 6.13. The first-order valence-electron chi connectivity index (χ1n) is 8.04. The lowest BCUT2D eigenvalue weighted by Gasteiger charge is -2.10. The SMILES string of the molecule is CS(=O)(=O)NCCCNCc1cccc(OCc2ccccc2Cl)c1. The predicted molar refractivity (Wildman–Crippen MR) is 101 cm³/mol. The van der Waals surface area contributed by atoms with Crippen molar-refractivity contribution in [2.45, 2.75) is 19.6 Å². The zero-order chi connectivity index (χ0) is 18.1. The number of halogens is 1. The van der Waals surface area contributed by atoms with Crippen LogP contribution in [-0.4, -0.2) is 27.8 Å². The molecule has 0 bridgehead atoms. The molecule has 0 amide bonds. The lowest BCUT2D eigenvalue weighted by atomic mass is 10.2. The first-order valence-corrected chi connectivity index (χ1v) is 10.3. The molecule has 2 aromatic carbocycles. The quantitative estimate of drug-likeness (QED) is 0.620. The van der Waals surface area contributed by atoms with Gasteiger partial charge in [0.05, 0.1) is 6.26 Å². The summed E-state index contributed by atoms with van der Waals surface area (Å²) in [7, 11) is -3.11.